The van der Waals surface area contributed by atoms with Crippen molar-refractivity contribution in [3.63, 3.8) is 0 Å². The molecule has 0 radical (unpaired) electrons. The van der Waals surface area contributed by atoms with Crippen LogP contribution in [0.25, 0.3) is 0 Å². The highest BCUT2D eigenvalue weighted by Gasteiger charge is 2.15. The molecule has 0 fully saturated rings. The van der Waals surface area contributed by atoms with Gasteiger partial charge in [0.2, 0.25) is 0 Å². The maximum Gasteiger partial charge on any atom is 0.251 e. The number of alkyl halides is 2. The molecule has 0 amide bonds. The lowest BCUT2D eigenvalue weighted by molar-refractivity contribution is 0.0925. The number of hydrogen-bond donors (Lipinski definition) is 1. The van der Waals surface area contributed by atoms with Crippen LogP contribution in [0, 0.1) is 0 Å². The molecule has 0 saturated carbocycles. The molecule has 7 heteroatoms. The molecule has 0 aromatic rings. The molecule has 0 aliphatic heterocycles. The van der Waals surface area contributed by atoms with Crippen LogP contribution in [0.15, 0.2) is 0 Å². The Kier molecular flexibility index (Phi) is 7.78. The van der Waals surface area contributed by atoms with Gasteiger partial charge in [0.05, 0.1) is 12.3 Å². The SMILES string of the molecule is CCCS(=O)(=O)CCN(CCN)CC(F)F. The summed E-state index contributed by atoms with van der Waals surface area (Å²) in [5.74, 6) is 0.0334. The second-order valence-corrected chi connectivity index (χ2v) is 5.94. The van der Waals surface area contributed by atoms with E-state index in [2.05, 4.69) is 0 Å². The van der Waals surface area contributed by atoms with E-state index in [4.69, 9.17) is 5.73 Å². The first-order chi connectivity index (χ1) is 7.41. The highest BCUT2D eigenvalue weighted by Crippen LogP contribution is 2.00. The van der Waals surface area contributed by atoms with Crippen LogP contribution in [-0.2, 0) is 9.84 Å². The zero-order valence-corrected chi connectivity index (χ0v) is 10.3. The van der Waals surface area contributed by atoms with E-state index < -0.39 is 22.8 Å². The molecule has 0 aliphatic carbocycles. The van der Waals surface area contributed by atoms with E-state index in [1.54, 1.807) is 6.92 Å². The molecule has 0 aliphatic rings. The van der Waals surface area contributed by atoms with Gasteiger partial charge < -0.3 is 5.73 Å². The number of hydrogen-bond acceptors (Lipinski definition) is 4. The largest absolute Gasteiger partial charge is 0.329 e. The fourth-order valence-corrected chi connectivity index (χ4v) is 2.72. The molecule has 16 heavy (non-hydrogen) atoms. The van der Waals surface area contributed by atoms with Crippen LogP contribution in [0.3, 0.4) is 0 Å². The molecule has 0 saturated heterocycles. The molecule has 0 heterocycles. The van der Waals surface area contributed by atoms with Crippen molar-refractivity contribution in [2.45, 2.75) is 19.8 Å². The first-order valence-corrected chi connectivity index (χ1v) is 7.14. The number of sulfone groups is 1. The maximum absolute atomic E-state index is 12.1. The van der Waals surface area contributed by atoms with Gasteiger partial charge in [0.1, 0.15) is 0 Å². The van der Waals surface area contributed by atoms with Gasteiger partial charge in [-0.1, -0.05) is 6.92 Å². The first-order valence-electron chi connectivity index (χ1n) is 5.32. The molecule has 0 unspecified atom stereocenters. The lowest BCUT2D eigenvalue weighted by atomic mass is 10.4. The Balaban J connectivity index is 4.10. The van der Waals surface area contributed by atoms with Crippen LogP contribution in [0.1, 0.15) is 13.3 Å². The van der Waals surface area contributed by atoms with Crippen molar-refractivity contribution in [2.24, 2.45) is 5.73 Å². The third-order valence-electron chi connectivity index (χ3n) is 2.08. The summed E-state index contributed by atoms with van der Waals surface area (Å²) in [4.78, 5) is 1.39. The topological polar surface area (TPSA) is 63.4 Å². The molecular formula is C9H20F2N2O2S. The van der Waals surface area contributed by atoms with Gasteiger partial charge >= 0.3 is 0 Å². The average molecular weight is 258 g/mol. The monoisotopic (exact) mass is 258 g/mol. The van der Waals surface area contributed by atoms with Crippen molar-refractivity contribution >= 4 is 9.84 Å². The second-order valence-electron chi connectivity index (χ2n) is 3.63. The van der Waals surface area contributed by atoms with E-state index in [0.29, 0.717) is 13.0 Å². The molecule has 4 nitrogen and oxygen atoms in total. The summed E-state index contributed by atoms with van der Waals surface area (Å²) in [6.45, 7) is 2.03. The van der Waals surface area contributed by atoms with E-state index in [-0.39, 0.29) is 24.6 Å². The molecule has 0 spiro atoms. The van der Waals surface area contributed by atoms with Crippen LogP contribution in [0.2, 0.25) is 0 Å². The van der Waals surface area contributed by atoms with Crippen molar-refractivity contribution in [2.75, 3.05) is 37.7 Å². The van der Waals surface area contributed by atoms with Gasteiger partial charge in [0.25, 0.3) is 6.43 Å². The fraction of sp³-hybridized carbons (Fsp3) is 1.00. The van der Waals surface area contributed by atoms with Gasteiger partial charge in [-0.25, -0.2) is 17.2 Å². The second kappa shape index (κ2) is 7.92. The summed E-state index contributed by atoms with van der Waals surface area (Å²) in [5.41, 5.74) is 5.27. The minimum atomic E-state index is -3.11. The number of nitrogens with two attached hydrogens (primary N) is 1. The predicted octanol–water partition coefficient (Wildman–Crippen LogP) is 0.337. The van der Waals surface area contributed by atoms with Gasteiger partial charge in [-0.3, -0.25) is 4.90 Å². The van der Waals surface area contributed by atoms with Crippen molar-refractivity contribution in [3.05, 3.63) is 0 Å². The third-order valence-corrected chi connectivity index (χ3v) is 3.91. The van der Waals surface area contributed by atoms with Crippen LogP contribution in [-0.4, -0.2) is 57.4 Å². The minimum Gasteiger partial charge on any atom is -0.329 e. The minimum absolute atomic E-state index is 0.0758. The zero-order chi connectivity index (χ0) is 12.6. The van der Waals surface area contributed by atoms with Crippen LogP contribution in [0.5, 0.6) is 0 Å². The van der Waals surface area contributed by atoms with Crippen molar-refractivity contribution in [1.82, 2.24) is 4.90 Å². The lowest BCUT2D eigenvalue weighted by Gasteiger charge is -2.20. The summed E-state index contributed by atoms with van der Waals surface area (Å²) < 4.78 is 47.0. The van der Waals surface area contributed by atoms with E-state index in [0.717, 1.165) is 0 Å². The van der Waals surface area contributed by atoms with Gasteiger partial charge in [-0.2, -0.15) is 0 Å². The Labute approximate surface area is 95.7 Å². The molecule has 98 valence electrons. The Morgan fingerprint density at radius 1 is 1.25 bits per heavy atom. The first kappa shape index (κ1) is 15.7. The fourth-order valence-electron chi connectivity index (χ4n) is 1.35. The summed E-state index contributed by atoms with van der Waals surface area (Å²) in [7, 11) is -3.11. The number of rotatable bonds is 9. The number of halogens is 2. The summed E-state index contributed by atoms with van der Waals surface area (Å²) in [6.07, 6.45) is -1.91. The molecule has 2 N–H and O–H groups in total. The van der Waals surface area contributed by atoms with Gasteiger partial charge in [0, 0.05) is 25.4 Å². The Bertz CT molecular complexity index is 271. The smallest absolute Gasteiger partial charge is 0.251 e. The van der Waals surface area contributed by atoms with Crippen molar-refractivity contribution in [1.29, 1.82) is 0 Å². The lowest BCUT2D eigenvalue weighted by Crippen LogP contribution is -2.37. The van der Waals surface area contributed by atoms with Crippen LogP contribution in [0.4, 0.5) is 8.78 Å². The molecule has 0 atom stereocenters. The molecular weight excluding hydrogens is 238 g/mol. The van der Waals surface area contributed by atoms with Crippen LogP contribution >= 0.6 is 0 Å². The third kappa shape index (κ3) is 7.95. The van der Waals surface area contributed by atoms with E-state index in [9.17, 15) is 17.2 Å². The van der Waals surface area contributed by atoms with Gasteiger partial charge in [0.15, 0.2) is 9.84 Å². The van der Waals surface area contributed by atoms with E-state index in [1.165, 1.54) is 4.90 Å². The Morgan fingerprint density at radius 2 is 1.88 bits per heavy atom. The van der Waals surface area contributed by atoms with E-state index >= 15 is 0 Å². The molecule has 0 aromatic carbocycles. The Hall–Kier alpha value is -0.270. The summed E-state index contributed by atoms with van der Waals surface area (Å²) >= 11 is 0. The molecule has 0 rings (SSSR count). The van der Waals surface area contributed by atoms with Gasteiger partial charge in [-0.05, 0) is 6.42 Å². The summed E-state index contributed by atoms with van der Waals surface area (Å²) in [5, 5.41) is 0. The van der Waals surface area contributed by atoms with Crippen molar-refractivity contribution in [3.8, 4) is 0 Å². The van der Waals surface area contributed by atoms with Crippen LogP contribution < -0.4 is 5.73 Å². The van der Waals surface area contributed by atoms with E-state index in [1.807, 2.05) is 0 Å². The zero-order valence-electron chi connectivity index (χ0n) is 9.53. The number of nitrogens with zero attached hydrogens (tertiary/aromatic N) is 1. The van der Waals surface area contributed by atoms with Gasteiger partial charge in [-0.15, -0.1) is 0 Å². The Morgan fingerprint density at radius 3 is 2.31 bits per heavy atom. The molecule has 0 bridgehead atoms. The summed E-state index contributed by atoms with van der Waals surface area (Å²) in [6, 6.07) is 0. The molecule has 0 aromatic heterocycles. The predicted molar refractivity (Wildman–Crippen MR) is 60.4 cm³/mol. The van der Waals surface area contributed by atoms with Crippen molar-refractivity contribution < 1.29 is 17.2 Å². The quantitative estimate of drug-likeness (QED) is 0.647. The average Bonchev–Trinajstić information content (AvgIpc) is 2.14. The highest BCUT2D eigenvalue weighted by molar-refractivity contribution is 7.91. The normalized spacial score (nSPS) is 12.6. The maximum atomic E-state index is 12.1. The standard InChI is InChI=1S/C9H20F2N2O2S/c1-2-6-16(14,15)7-5-13(4-3-12)8-9(10)11/h9H,2-8,12H2,1H3. The highest BCUT2D eigenvalue weighted by atomic mass is 32.2.